The third-order valence-corrected chi connectivity index (χ3v) is 8.50. The third kappa shape index (κ3) is 5.78. The third-order valence-electron chi connectivity index (χ3n) is 5.31. The van der Waals surface area contributed by atoms with Gasteiger partial charge in [0.25, 0.3) is 10.1 Å². The van der Waals surface area contributed by atoms with E-state index in [0.29, 0.717) is 15.8 Å². The molecule has 1 aliphatic heterocycles. The van der Waals surface area contributed by atoms with Crippen LogP contribution in [0.25, 0.3) is 4.48 Å². The van der Waals surface area contributed by atoms with E-state index in [1.807, 2.05) is 13.8 Å². The largest absolute Gasteiger partial charge is 0.480 e. The summed E-state index contributed by atoms with van der Waals surface area (Å²) in [4.78, 5) is 0.105. The van der Waals surface area contributed by atoms with Crippen molar-refractivity contribution >= 4 is 40.6 Å². The Labute approximate surface area is 213 Å². The molecule has 0 spiro atoms. The van der Waals surface area contributed by atoms with Gasteiger partial charge in [-0.25, -0.2) is 0 Å². The molecular formula is C25H23BrO7S2. The second-order valence-corrected chi connectivity index (χ2v) is 12.5. The van der Waals surface area contributed by atoms with E-state index in [9.17, 15) is 16.8 Å². The van der Waals surface area contributed by atoms with Gasteiger partial charge in [0.1, 0.15) is 23.0 Å². The fourth-order valence-electron chi connectivity index (χ4n) is 3.38. The predicted molar refractivity (Wildman–Crippen MR) is 136 cm³/mol. The minimum Gasteiger partial charge on any atom is -0.480 e. The smallest absolute Gasteiger partial charge is 0.339 e. The number of hydrogen-bond donors (Lipinski definition) is 0. The van der Waals surface area contributed by atoms with Crippen molar-refractivity contribution in [2.75, 3.05) is 6.61 Å². The summed E-state index contributed by atoms with van der Waals surface area (Å²) in [6.07, 6.45) is 1.66. The first kappa shape index (κ1) is 25.4. The zero-order valence-corrected chi connectivity index (χ0v) is 22.4. The molecular weight excluding hydrogens is 556 g/mol. The number of ether oxygens (including phenoxy) is 1. The molecule has 3 aromatic carbocycles. The number of rotatable bonds is 7. The zero-order chi connectivity index (χ0) is 25.4. The molecule has 0 saturated carbocycles. The van der Waals surface area contributed by atoms with Crippen molar-refractivity contribution in [2.24, 2.45) is 0 Å². The van der Waals surface area contributed by atoms with E-state index in [0.717, 1.165) is 11.1 Å². The van der Waals surface area contributed by atoms with Gasteiger partial charge in [0.05, 0.1) is 4.90 Å². The summed E-state index contributed by atoms with van der Waals surface area (Å²) in [5.41, 5.74) is 1.33. The van der Waals surface area contributed by atoms with Crippen molar-refractivity contribution in [3.63, 3.8) is 0 Å². The Morgan fingerprint density at radius 1 is 0.829 bits per heavy atom. The molecule has 0 N–H and O–H groups in total. The van der Waals surface area contributed by atoms with Crippen LogP contribution in [0.15, 0.2) is 82.6 Å². The summed E-state index contributed by atoms with van der Waals surface area (Å²) in [7, 11) is -7.99. The molecule has 0 saturated heterocycles. The average molecular weight is 579 g/mol. The second-order valence-electron chi connectivity index (χ2n) is 8.44. The van der Waals surface area contributed by atoms with Crippen LogP contribution in [0.4, 0.5) is 0 Å². The highest BCUT2D eigenvalue weighted by molar-refractivity contribution is 9.15. The fraction of sp³-hybridized carbons (Fsp3) is 0.200. The molecule has 1 aliphatic rings. The van der Waals surface area contributed by atoms with Crippen molar-refractivity contribution in [3.05, 3.63) is 89.5 Å². The molecule has 4 rings (SSSR count). The van der Waals surface area contributed by atoms with Crippen molar-refractivity contribution in [1.29, 1.82) is 0 Å². The van der Waals surface area contributed by atoms with Crippen molar-refractivity contribution in [3.8, 4) is 11.5 Å². The van der Waals surface area contributed by atoms with Gasteiger partial charge in [0.2, 0.25) is 0 Å². The van der Waals surface area contributed by atoms with Gasteiger partial charge in [-0.05, 0) is 69.3 Å². The summed E-state index contributed by atoms with van der Waals surface area (Å²) >= 11 is 3.47. The first-order valence-corrected chi connectivity index (χ1v) is 14.2. The van der Waals surface area contributed by atoms with Gasteiger partial charge in [-0.15, -0.1) is 0 Å². The van der Waals surface area contributed by atoms with E-state index in [1.54, 1.807) is 43.3 Å². The van der Waals surface area contributed by atoms with Crippen LogP contribution in [-0.4, -0.2) is 29.0 Å². The maximum absolute atomic E-state index is 12.6. The van der Waals surface area contributed by atoms with Crippen molar-refractivity contribution in [1.82, 2.24) is 0 Å². The summed E-state index contributed by atoms with van der Waals surface area (Å²) < 4.78 is 67.6. The molecule has 0 aromatic heterocycles. The van der Waals surface area contributed by atoms with Crippen LogP contribution < -0.4 is 8.92 Å². The molecule has 1 atom stereocenters. The van der Waals surface area contributed by atoms with E-state index < -0.39 is 25.8 Å². The molecule has 7 nitrogen and oxygen atoms in total. The first-order valence-electron chi connectivity index (χ1n) is 10.6. The number of aryl methyl sites for hydroxylation is 2. The molecule has 10 heteroatoms. The van der Waals surface area contributed by atoms with Crippen molar-refractivity contribution < 1.29 is 29.9 Å². The first-order chi connectivity index (χ1) is 16.4. The molecule has 0 unspecified atom stereocenters. The zero-order valence-electron chi connectivity index (χ0n) is 19.2. The van der Waals surface area contributed by atoms with Crippen molar-refractivity contribution in [2.45, 2.75) is 36.2 Å². The molecule has 0 aliphatic carbocycles. The van der Waals surface area contributed by atoms with Gasteiger partial charge >= 0.3 is 10.1 Å². The molecule has 0 fully saturated rings. The number of hydrogen-bond acceptors (Lipinski definition) is 7. The van der Waals surface area contributed by atoms with Gasteiger partial charge in [0, 0.05) is 10.0 Å². The van der Waals surface area contributed by atoms with Gasteiger partial charge in [-0.3, -0.25) is 4.18 Å². The molecule has 0 radical (unpaired) electrons. The topological polar surface area (TPSA) is 96.0 Å². The Kier molecular flexibility index (Phi) is 6.85. The summed E-state index contributed by atoms with van der Waals surface area (Å²) in [6.45, 7) is 5.15. The SMILES string of the molecule is Cc1ccc(S(=O)(=O)OC[C@@]2(C)C=C(Br)c3cc(OS(=O)(=O)c4ccc(C)cc4)ccc3O2)cc1. The van der Waals surface area contributed by atoms with Crippen LogP contribution in [0.3, 0.4) is 0 Å². The maximum atomic E-state index is 12.6. The normalized spacial score (nSPS) is 17.8. The number of fused-ring (bicyclic) bond motifs is 1. The average Bonchev–Trinajstić information content (AvgIpc) is 2.79. The Hall–Kier alpha value is -2.66. The van der Waals surface area contributed by atoms with E-state index in [4.69, 9.17) is 13.1 Å². The highest BCUT2D eigenvalue weighted by Crippen LogP contribution is 2.41. The minimum atomic E-state index is -4.01. The van der Waals surface area contributed by atoms with Crippen LogP contribution >= 0.6 is 15.9 Å². The van der Waals surface area contributed by atoms with Crippen LogP contribution in [0.2, 0.25) is 0 Å². The lowest BCUT2D eigenvalue weighted by molar-refractivity contribution is 0.0781. The maximum Gasteiger partial charge on any atom is 0.339 e. The van der Waals surface area contributed by atoms with E-state index in [2.05, 4.69) is 15.9 Å². The van der Waals surface area contributed by atoms with Gasteiger partial charge in [-0.2, -0.15) is 16.8 Å². The van der Waals surface area contributed by atoms with Crippen LogP contribution in [0.5, 0.6) is 11.5 Å². The quantitative estimate of drug-likeness (QED) is 0.348. The van der Waals surface area contributed by atoms with Crippen LogP contribution in [0, 0.1) is 13.8 Å². The minimum absolute atomic E-state index is 0.0474. The summed E-state index contributed by atoms with van der Waals surface area (Å²) in [5, 5.41) is 0. The highest BCUT2D eigenvalue weighted by Gasteiger charge is 2.33. The van der Waals surface area contributed by atoms with Gasteiger partial charge in [0.15, 0.2) is 5.60 Å². The van der Waals surface area contributed by atoms with Gasteiger partial charge in [-0.1, -0.05) is 51.3 Å². The van der Waals surface area contributed by atoms with E-state index >= 15 is 0 Å². The molecule has 3 aromatic rings. The molecule has 1 heterocycles. The Morgan fingerprint density at radius 3 is 1.94 bits per heavy atom. The fourth-order valence-corrected chi connectivity index (χ4v) is 6.09. The standard InChI is InChI=1S/C25H23BrO7S2/c1-17-4-9-20(10-5-17)34(27,28)31-16-25(3)15-23(26)22-14-19(8-13-24(22)32-25)33-35(29,30)21-11-6-18(2)7-12-21/h4-15H,16H2,1-3H3/t25-/m1/s1. The molecule has 35 heavy (non-hydrogen) atoms. The summed E-state index contributed by atoms with van der Waals surface area (Å²) in [5.74, 6) is 0.526. The summed E-state index contributed by atoms with van der Waals surface area (Å²) in [6, 6.07) is 17.3. The number of benzene rings is 3. The molecule has 0 bridgehead atoms. The van der Waals surface area contributed by atoms with E-state index in [-0.39, 0.29) is 22.1 Å². The Bertz CT molecular complexity index is 1490. The Balaban J connectivity index is 1.52. The Morgan fingerprint density at radius 2 is 1.37 bits per heavy atom. The molecule has 0 amide bonds. The monoisotopic (exact) mass is 578 g/mol. The van der Waals surface area contributed by atoms with E-state index in [1.165, 1.54) is 36.4 Å². The highest BCUT2D eigenvalue weighted by atomic mass is 79.9. The van der Waals surface area contributed by atoms with Crippen LogP contribution in [-0.2, 0) is 24.4 Å². The predicted octanol–water partition coefficient (Wildman–Crippen LogP) is 5.36. The molecule has 184 valence electrons. The lowest BCUT2D eigenvalue weighted by Crippen LogP contribution is -2.38. The van der Waals surface area contributed by atoms with Gasteiger partial charge < -0.3 is 8.92 Å². The van der Waals surface area contributed by atoms with Crippen LogP contribution in [0.1, 0.15) is 23.6 Å². The number of halogens is 1. The lowest BCUT2D eigenvalue weighted by atomic mass is 10.0. The second kappa shape index (κ2) is 9.42. The lowest BCUT2D eigenvalue weighted by Gasteiger charge is -2.32.